The zero-order chi connectivity index (χ0) is 14.0. The van der Waals surface area contributed by atoms with Crippen LogP contribution in [0.1, 0.15) is 28.5 Å². The van der Waals surface area contributed by atoms with Crippen molar-refractivity contribution in [2.45, 2.75) is 19.2 Å². The Morgan fingerprint density at radius 1 is 1.16 bits per heavy atom. The summed E-state index contributed by atoms with van der Waals surface area (Å²) in [6.45, 7) is 1.75. The number of hydrogen-bond acceptors (Lipinski definition) is 3. The molecule has 2 aromatic heterocycles. The molecule has 0 spiro atoms. The third kappa shape index (κ3) is 2.90. The van der Waals surface area contributed by atoms with Crippen molar-refractivity contribution in [2.75, 3.05) is 0 Å². The lowest BCUT2D eigenvalue weighted by Gasteiger charge is -2.17. The monoisotopic (exact) mass is 268 g/mol. The lowest BCUT2D eigenvalue weighted by Crippen LogP contribution is -2.13. The molecule has 0 saturated heterocycles. The fourth-order valence-electron chi connectivity index (χ4n) is 1.70. The Morgan fingerprint density at radius 2 is 1.89 bits per heavy atom. The van der Waals surface area contributed by atoms with E-state index < -0.39 is 17.8 Å². The second kappa shape index (κ2) is 4.97. The molecule has 6 heteroatoms. The van der Waals surface area contributed by atoms with Crippen molar-refractivity contribution >= 4 is 0 Å². The van der Waals surface area contributed by atoms with E-state index in [4.69, 9.17) is 0 Å². The van der Waals surface area contributed by atoms with Crippen LogP contribution < -0.4 is 0 Å². The third-order valence-corrected chi connectivity index (χ3v) is 2.70. The van der Waals surface area contributed by atoms with Crippen molar-refractivity contribution in [3.05, 3.63) is 59.2 Å². The second-order valence-corrected chi connectivity index (χ2v) is 4.10. The van der Waals surface area contributed by atoms with E-state index >= 15 is 0 Å². The van der Waals surface area contributed by atoms with Crippen LogP contribution >= 0.6 is 0 Å². The second-order valence-electron chi connectivity index (χ2n) is 4.10. The fraction of sp³-hybridized carbons (Fsp3) is 0.231. The van der Waals surface area contributed by atoms with Crippen molar-refractivity contribution in [2.24, 2.45) is 0 Å². The third-order valence-electron chi connectivity index (χ3n) is 2.70. The minimum absolute atomic E-state index is 0.277. The van der Waals surface area contributed by atoms with Crippen molar-refractivity contribution in [1.82, 2.24) is 9.97 Å². The van der Waals surface area contributed by atoms with Gasteiger partial charge >= 0.3 is 6.18 Å². The highest BCUT2D eigenvalue weighted by atomic mass is 19.4. The molecule has 0 aliphatic heterocycles. The van der Waals surface area contributed by atoms with E-state index in [2.05, 4.69) is 9.97 Å². The number of aryl methyl sites for hydroxylation is 1. The molecule has 1 atom stereocenters. The number of pyridine rings is 2. The minimum Gasteiger partial charge on any atom is -0.384 e. The summed E-state index contributed by atoms with van der Waals surface area (Å²) in [4.78, 5) is 7.60. The molecule has 2 aromatic rings. The van der Waals surface area contributed by atoms with Gasteiger partial charge in [0, 0.05) is 35.4 Å². The average Bonchev–Trinajstić information content (AvgIpc) is 2.38. The zero-order valence-corrected chi connectivity index (χ0v) is 10.0. The maximum Gasteiger partial charge on any atom is 0.416 e. The first-order valence-electron chi connectivity index (χ1n) is 5.51. The van der Waals surface area contributed by atoms with Crippen molar-refractivity contribution in [3.8, 4) is 0 Å². The molecule has 0 fully saturated rings. The van der Waals surface area contributed by atoms with Gasteiger partial charge in [-0.3, -0.25) is 9.97 Å². The van der Waals surface area contributed by atoms with Crippen LogP contribution in [-0.4, -0.2) is 15.1 Å². The van der Waals surface area contributed by atoms with Crippen LogP contribution in [0.5, 0.6) is 0 Å². The number of halogens is 3. The predicted octanol–water partition coefficient (Wildman–Crippen LogP) is 2.89. The Hall–Kier alpha value is -1.95. The smallest absolute Gasteiger partial charge is 0.384 e. The summed E-state index contributed by atoms with van der Waals surface area (Å²) < 4.78 is 38.5. The van der Waals surface area contributed by atoms with Gasteiger partial charge in [0.25, 0.3) is 0 Å². The highest BCUT2D eigenvalue weighted by Crippen LogP contribution is 2.35. The lowest BCUT2D eigenvalue weighted by molar-refractivity contribution is -0.139. The first-order chi connectivity index (χ1) is 8.89. The molecule has 0 aliphatic rings. The number of nitrogens with zero attached hydrogens (tertiary/aromatic N) is 2. The molecular weight excluding hydrogens is 257 g/mol. The van der Waals surface area contributed by atoms with Gasteiger partial charge in [-0.25, -0.2) is 0 Å². The molecule has 3 nitrogen and oxygen atoms in total. The van der Waals surface area contributed by atoms with E-state index in [1.165, 1.54) is 6.20 Å². The van der Waals surface area contributed by atoms with Gasteiger partial charge in [0.15, 0.2) is 0 Å². The number of aromatic nitrogens is 2. The number of rotatable bonds is 2. The van der Waals surface area contributed by atoms with Crippen LogP contribution in [0, 0.1) is 6.92 Å². The summed E-state index contributed by atoms with van der Waals surface area (Å²) in [6, 6.07) is 4.02. The van der Waals surface area contributed by atoms with Gasteiger partial charge in [-0.1, -0.05) is 6.07 Å². The van der Waals surface area contributed by atoms with E-state index in [1.54, 1.807) is 19.1 Å². The molecule has 0 radical (unpaired) electrons. The van der Waals surface area contributed by atoms with Crippen molar-refractivity contribution in [3.63, 3.8) is 0 Å². The van der Waals surface area contributed by atoms with E-state index in [0.29, 0.717) is 5.56 Å². The summed E-state index contributed by atoms with van der Waals surface area (Å²) in [7, 11) is 0. The molecule has 1 unspecified atom stereocenters. The molecule has 2 rings (SSSR count). The molecule has 100 valence electrons. The molecule has 0 saturated carbocycles. The Morgan fingerprint density at radius 3 is 2.47 bits per heavy atom. The van der Waals surface area contributed by atoms with Crippen LogP contribution in [0.4, 0.5) is 13.2 Å². The van der Waals surface area contributed by atoms with Crippen molar-refractivity contribution in [1.29, 1.82) is 0 Å². The Balaban J connectivity index is 2.44. The Kier molecular flexibility index (Phi) is 3.53. The van der Waals surface area contributed by atoms with Crippen LogP contribution in [0.15, 0.2) is 36.8 Å². The number of alkyl halides is 3. The van der Waals surface area contributed by atoms with Crippen LogP contribution in [0.3, 0.4) is 0 Å². The summed E-state index contributed by atoms with van der Waals surface area (Å²) >= 11 is 0. The summed E-state index contributed by atoms with van der Waals surface area (Å²) in [5, 5.41) is 10.0. The standard InChI is InChI=1S/C13H11F3N2O/c1-8-2-3-9(6-18-8)12(19)10-7-17-5-4-11(10)13(14,15)16/h2-7,12,19H,1H3. The average molecular weight is 268 g/mol. The van der Waals surface area contributed by atoms with Gasteiger partial charge in [-0.05, 0) is 19.1 Å². The highest BCUT2D eigenvalue weighted by Gasteiger charge is 2.35. The predicted molar refractivity (Wildman–Crippen MR) is 62.3 cm³/mol. The van der Waals surface area contributed by atoms with Gasteiger partial charge in [-0.2, -0.15) is 13.2 Å². The van der Waals surface area contributed by atoms with E-state index in [1.807, 2.05) is 0 Å². The van der Waals surface area contributed by atoms with Crippen molar-refractivity contribution < 1.29 is 18.3 Å². The first kappa shape index (κ1) is 13.5. The largest absolute Gasteiger partial charge is 0.416 e. The van der Waals surface area contributed by atoms with Gasteiger partial charge in [0.1, 0.15) is 6.10 Å². The molecule has 0 amide bonds. The summed E-state index contributed by atoms with van der Waals surface area (Å²) in [6.07, 6.45) is -2.51. The maximum absolute atomic E-state index is 12.8. The topological polar surface area (TPSA) is 46.0 Å². The van der Waals surface area contributed by atoms with E-state index in [0.717, 1.165) is 24.2 Å². The normalized spacial score (nSPS) is 13.3. The molecule has 0 aliphatic carbocycles. The Bertz CT molecular complexity index is 567. The summed E-state index contributed by atoms with van der Waals surface area (Å²) in [5.41, 5.74) is -0.154. The van der Waals surface area contributed by atoms with Gasteiger partial charge in [-0.15, -0.1) is 0 Å². The van der Waals surface area contributed by atoms with Crippen LogP contribution in [0.25, 0.3) is 0 Å². The van der Waals surface area contributed by atoms with E-state index in [-0.39, 0.29) is 5.56 Å². The maximum atomic E-state index is 12.8. The number of hydrogen-bond donors (Lipinski definition) is 1. The molecule has 1 N–H and O–H groups in total. The fourth-order valence-corrected chi connectivity index (χ4v) is 1.70. The van der Waals surface area contributed by atoms with Gasteiger partial charge in [0.05, 0.1) is 5.56 Å². The summed E-state index contributed by atoms with van der Waals surface area (Å²) in [5.74, 6) is 0. The molecule has 19 heavy (non-hydrogen) atoms. The number of aliphatic hydroxyl groups is 1. The molecule has 2 heterocycles. The minimum atomic E-state index is -4.53. The SMILES string of the molecule is Cc1ccc(C(O)c2cnccc2C(F)(F)F)cn1. The number of aliphatic hydroxyl groups excluding tert-OH is 1. The molecule has 0 aromatic carbocycles. The van der Waals surface area contributed by atoms with Crippen LogP contribution in [0.2, 0.25) is 0 Å². The zero-order valence-electron chi connectivity index (χ0n) is 10.0. The molecule has 0 bridgehead atoms. The molecular formula is C13H11F3N2O. The first-order valence-corrected chi connectivity index (χ1v) is 5.51. The van der Waals surface area contributed by atoms with Crippen LogP contribution in [-0.2, 0) is 6.18 Å². The quantitative estimate of drug-likeness (QED) is 0.911. The Labute approximate surface area is 107 Å². The van der Waals surface area contributed by atoms with Gasteiger partial charge in [0.2, 0.25) is 0 Å². The lowest BCUT2D eigenvalue weighted by atomic mass is 9.99. The van der Waals surface area contributed by atoms with Gasteiger partial charge < -0.3 is 5.11 Å². The highest BCUT2D eigenvalue weighted by molar-refractivity contribution is 5.34. The van der Waals surface area contributed by atoms with E-state index in [9.17, 15) is 18.3 Å².